The quantitative estimate of drug-likeness (QED) is 0.843. The number of carboxylic acid groups (broad SMARTS) is 1. The molecule has 1 aromatic rings. The van der Waals surface area contributed by atoms with Gasteiger partial charge in [-0.2, -0.15) is 0 Å². The number of aryl methyl sites for hydroxylation is 1. The van der Waals surface area contributed by atoms with E-state index >= 15 is 0 Å². The fraction of sp³-hybridized carbons (Fsp3) is 0.429. The third-order valence-corrected chi connectivity index (χ3v) is 3.17. The lowest BCUT2D eigenvalue weighted by molar-refractivity contribution is -0.137. The maximum absolute atomic E-state index is 12.0. The molecule has 4 nitrogen and oxygen atoms in total. The second-order valence-corrected chi connectivity index (χ2v) is 5.59. The molecule has 1 amide bonds. The van der Waals surface area contributed by atoms with Gasteiger partial charge >= 0.3 is 5.97 Å². The summed E-state index contributed by atoms with van der Waals surface area (Å²) in [5, 5.41) is 11.4. The molecular formula is C14H18BrNO3. The maximum atomic E-state index is 12.0. The topological polar surface area (TPSA) is 66.4 Å². The van der Waals surface area contributed by atoms with Crippen LogP contribution in [0.25, 0.3) is 0 Å². The molecule has 2 N–H and O–H groups in total. The second kappa shape index (κ2) is 7.28. The van der Waals surface area contributed by atoms with Crippen molar-refractivity contribution in [1.29, 1.82) is 0 Å². The van der Waals surface area contributed by atoms with Crippen LogP contribution in [0.15, 0.2) is 22.7 Å². The molecule has 0 aliphatic heterocycles. The molecule has 0 spiro atoms. The number of rotatable bonds is 6. The number of benzene rings is 1. The van der Waals surface area contributed by atoms with E-state index in [-0.39, 0.29) is 18.4 Å². The first kappa shape index (κ1) is 15.7. The van der Waals surface area contributed by atoms with E-state index in [2.05, 4.69) is 21.2 Å². The van der Waals surface area contributed by atoms with Crippen LogP contribution in [-0.2, 0) is 4.79 Å². The Kier molecular flexibility index (Phi) is 6.02. The van der Waals surface area contributed by atoms with Crippen LogP contribution >= 0.6 is 15.9 Å². The van der Waals surface area contributed by atoms with Gasteiger partial charge in [-0.3, -0.25) is 9.59 Å². The van der Waals surface area contributed by atoms with Crippen LogP contribution in [0.5, 0.6) is 0 Å². The lowest BCUT2D eigenvalue weighted by Gasteiger charge is -2.13. The first-order valence-electron chi connectivity index (χ1n) is 6.18. The fourth-order valence-corrected chi connectivity index (χ4v) is 2.41. The highest BCUT2D eigenvalue weighted by Crippen LogP contribution is 2.15. The van der Waals surface area contributed by atoms with Crippen LogP contribution in [0.1, 0.15) is 42.1 Å². The molecule has 0 bridgehead atoms. The van der Waals surface area contributed by atoms with Crippen molar-refractivity contribution in [2.24, 2.45) is 0 Å². The smallest absolute Gasteiger partial charge is 0.303 e. The average molecular weight is 328 g/mol. The summed E-state index contributed by atoms with van der Waals surface area (Å²) >= 11 is 3.36. The second-order valence-electron chi connectivity index (χ2n) is 4.68. The highest BCUT2D eigenvalue weighted by atomic mass is 79.9. The zero-order valence-electron chi connectivity index (χ0n) is 11.1. The maximum Gasteiger partial charge on any atom is 0.303 e. The van der Waals surface area contributed by atoms with Gasteiger partial charge in [0.1, 0.15) is 0 Å². The molecule has 0 fully saturated rings. The van der Waals surface area contributed by atoms with Gasteiger partial charge in [-0.1, -0.05) is 15.9 Å². The summed E-state index contributed by atoms with van der Waals surface area (Å²) in [5.74, 6) is -0.937. The van der Waals surface area contributed by atoms with Crippen molar-refractivity contribution in [2.75, 3.05) is 0 Å². The number of halogens is 1. The summed E-state index contributed by atoms with van der Waals surface area (Å²) in [6.07, 6.45) is 1.36. The van der Waals surface area contributed by atoms with Crippen LogP contribution in [0.2, 0.25) is 0 Å². The van der Waals surface area contributed by atoms with Crippen molar-refractivity contribution < 1.29 is 14.7 Å². The number of nitrogens with one attached hydrogen (secondary N) is 1. The summed E-state index contributed by atoms with van der Waals surface area (Å²) in [6, 6.07) is 5.50. The Hall–Kier alpha value is -1.36. The molecule has 1 unspecified atom stereocenters. The normalized spacial score (nSPS) is 11.9. The summed E-state index contributed by atoms with van der Waals surface area (Å²) in [7, 11) is 0. The number of hydrogen-bond donors (Lipinski definition) is 2. The standard InChI is InChI=1S/C14H18BrNO3/c1-9-6-11(8-12(15)7-9)14(19)16-10(2)4-3-5-13(17)18/h6-8,10H,3-5H2,1-2H3,(H,16,19)(H,17,18). The van der Waals surface area contributed by atoms with Crippen LogP contribution < -0.4 is 5.32 Å². The minimum absolute atomic E-state index is 0.0360. The van der Waals surface area contributed by atoms with Crippen LogP contribution in [0.4, 0.5) is 0 Å². The Morgan fingerprint density at radius 3 is 2.63 bits per heavy atom. The Morgan fingerprint density at radius 1 is 1.37 bits per heavy atom. The van der Waals surface area contributed by atoms with E-state index in [1.54, 1.807) is 6.07 Å². The van der Waals surface area contributed by atoms with E-state index in [1.165, 1.54) is 0 Å². The van der Waals surface area contributed by atoms with Gasteiger partial charge in [0.25, 0.3) is 5.91 Å². The third kappa shape index (κ3) is 5.87. The van der Waals surface area contributed by atoms with Crippen LogP contribution in [-0.4, -0.2) is 23.0 Å². The van der Waals surface area contributed by atoms with Crippen molar-refractivity contribution in [3.8, 4) is 0 Å². The summed E-state index contributed by atoms with van der Waals surface area (Å²) < 4.78 is 0.871. The Bertz CT molecular complexity index is 454. The van der Waals surface area contributed by atoms with Crippen molar-refractivity contribution in [3.05, 3.63) is 33.8 Å². The zero-order chi connectivity index (χ0) is 14.4. The average Bonchev–Trinajstić information content (AvgIpc) is 2.26. The van der Waals surface area contributed by atoms with Crippen molar-refractivity contribution >= 4 is 27.8 Å². The highest BCUT2D eigenvalue weighted by Gasteiger charge is 2.11. The minimum Gasteiger partial charge on any atom is -0.481 e. The summed E-state index contributed by atoms with van der Waals surface area (Å²) in [6.45, 7) is 3.81. The van der Waals surface area contributed by atoms with E-state index in [4.69, 9.17) is 5.11 Å². The first-order valence-corrected chi connectivity index (χ1v) is 6.97. The predicted molar refractivity (Wildman–Crippen MR) is 77.3 cm³/mol. The van der Waals surface area contributed by atoms with Gasteiger partial charge in [-0.05, 0) is 50.5 Å². The van der Waals surface area contributed by atoms with Gasteiger partial charge in [-0.25, -0.2) is 0 Å². The molecule has 104 valence electrons. The molecule has 19 heavy (non-hydrogen) atoms. The monoisotopic (exact) mass is 327 g/mol. The Labute approximate surface area is 121 Å². The molecule has 0 radical (unpaired) electrons. The van der Waals surface area contributed by atoms with Crippen molar-refractivity contribution in [3.63, 3.8) is 0 Å². The van der Waals surface area contributed by atoms with Crippen molar-refractivity contribution in [1.82, 2.24) is 5.32 Å². The molecular weight excluding hydrogens is 310 g/mol. The number of carbonyl (C=O) groups excluding carboxylic acids is 1. The lowest BCUT2D eigenvalue weighted by Crippen LogP contribution is -2.32. The number of hydrogen-bond acceptors (Lipinski definition) is 2. The third-order valence-electron chi connectivity index (χ3n) is 2.71. The molecule has 0 aliphatic rings. The SMILES string of the molecule is Cc1cc(Br)cc(C(=O)NC(C)CCCC(=O)O)c1. The number of aliphatic carboxylic acids is 1. The number of carboxylic acids is 1. The predicted octanol–water partition coefficient (Wildman–Crippen LogP) is 3.13. The van der Waals surface area contributed by atoms with Gasteiger partial charge < -0.3 is 10.4 Å². The van der Waals surface area contributed by atoms with Gasteiger partial charge in [0.05, 0.1) is 0 Å². The van der Waals surface area contributed by atoms with Crippen molar-refractivity contribution in [2.45, 2.75) is 39.2 Å². The minimum atomic E-state index is -0.804. The molecule has 0 heterocycles. The first-order chi connectivity index (χ1) is 8.88. The van der Waals surface area contributed by atoms with Gasteiger partial charge in [-0.15, -0.1) is 0 Å². The number of carbonyl (C=O) groups is 2. The van der Waals surface area contributed by atoms with Crippen LogP contribution in [0, 0.1) is 6.92 Å². The van der Waals surface area contributed by atoms with E-state index in [0.29, 0.717) is 18.4 Å². The molecule has 0 saturated carbocycles. The molecule has 1 atom stereocenters. The van der Waals surface area contributed by atoms with E-state index < -0.39 is 5.97 Å². The summed E-state index contributed by atoms with van der Waals surface area (Å²) in [5.41, 5.74) is 1.62. The Balaban J connectivity index is 2.51. The largest absolute Gasteiger partial charge is 0.481 e. The highest BCUT2D eigenvalue weighted by molar-refractivity contribution is 9.10. The fourth-order valence-electron chi connectivity index (χ4n) is 1.81. The molecule has 5 heteroatoms. The van der Waals surface area contributed by atoms with E-state index in [1.807, 2.05) is 26.0 Å². The van der Waals surface area contributed by atoms with E-state index in [0.717, 1.165) is 10.0 Å². The van der Waals surface area contributed by atoms with Gasteiger partial charge in [0.15, 0.2) is 0 Å². The Morgan fingerprint density at radius 2 is 2.05 bits per heavy atom. The molecule has 0 aromatic heterocycles. The lowest BCUT2D eigenvalue weighted by atomic mass is 10.1. The van der Waals surface area contributed by atoms with Crippen LogP contribution in [0.3, 0.4) is 0 Å². The zero-order valence-corrected chi connectivity index (χ0v) is 12.7. The summed E-state index contributed by atoms with van der Waals surface area (Å²) in [4.78, 5) is 22.4. The molecule has 1 rings (SSSR count). The van der Waals surface area contributed by atoms with E-state index in [9.17, 15) is 9.59 Å². The molecule has 0 saturated heterocycles. The molecule has 1 aromatic carbocycles. The van der Waals surface area contributed by atoms with Gasteiger partial charge in [0.2, 0.25) is 0 Å². The number of amides is 1. The molecule has 0 aliphatic carbocycles. The van der Waals surface area contributed by atoms with Gasteiger partial charge in [0, 0.05) is 22.5 Å².